The summed E-state index contributed by atoms with van der Waals surface area (Å²) in [6, 6.07) is 23.8. The lowest BCUT2D eigenvalue weighted by Crippen LogP contribution is -2.48. The van der Waals surface area contributed by atoms with Crippen LogP contribution in [0.25, 0.3) is 0 Å². The van der Waals surface area contributed by atoms with Gasteiger partial charge < -0.3 is 0 Å². The van der Waals surface area contributed by atoms with Crippen LogP contribution in [-0.2, 0) is 12.8 Å². The van der Waals surface area contributed by atoms with Crippen molar-refractivity contribution in [3.8, 4) is 0 Å². The first kappa shape index (κ1) is 16.5. The van der Waals surface area contributed by atoms with E-state index in [2.05, 4.69) is 70.5 Å². The molecule has 4 atom stereocenters. The van der Waals surface area contributed by atoms with Gasteiger partial charge in [-0.25, -0.2) is 0 Å². The van der Waals surface area contributed by atoms with Gasteiger partial charge in [0.05, 0.1) is 0 Å². The minimum atomic E-state index is 0.858. The second-order valence-corrected chi connectivity index (χ2v) is 8.58. The second kappa shape index (κ2) is 7.17. The van der Waals surface area contributed by atoms with Crippen LogP contribution in [0.4, 0.5) is 0 Å². The van der Waals surface area contributed by atoms with E-state index in [-0.39, 0.29) is 0 Å². The summed E-state index contributed by atoms with van der Waals surface area (Å²) < 4.78 is 0. The Balaban J connectivity index is 1.06. The Morgan fingerprint density at radius 1 is 0.577 bits per heavy atom. The van der Waals surface area contributed by atoms with Gasteiger partial charge in [-0.15, -0.1) is 0 Å². The van der Waals surface area contributed by atoms with Crippen LogP contribution < -0.4 is 0 Å². The van der Waals surface area contributed by atoms with Crippen LogP contribution in [-0.4, -0.2) is 48.1 Å². The van der Waals surface area contributed by atoms with E-state index < -0.39 is 0 Å². The zero-order valence-electron chi connectivity index (χ0n) is 15.6. The van der Waals surface area contributed by atoms with Gasteiger partial charge in [0.2, 0.25) is 0 Å². The first-order chi connectivity index (χ1) is 12.9. The van der Waals surface area contributed by atoms with E-state index in [4.69, 9.17) is 0 Å². The van der Waals surface area contributed by atoms with Crippen molar-refractivity contribution in [2.24, 2.45) is 11.8 Å². The number of hydrogen-bond donors (Lipinski definition) is 0. The summed E-state index contributed by atoms with van der Waals surface area (Å²) in [6.07, 6.45) is 5.37. The minimum Gasteiger partial charge on any atom is -0.298 e. The summed E-state index contributed by atoms with van der Waals surface area (Å²) in [7, 11) is 0. The van der Waals surface area contributed by atoms with Crippen molar-refractivity contribution < 1.29 is 0 Å². The van der Waals surface area contributed by atoms with Gasteiger partial charge in [0, 0.05) is 38.3 Å². The molecule has 0 N–H and O–H groups in total. The molecule has 136 valence electrons. The third kappa shape index (κ3) is 3.72. The molecule has 5 rings (SSSR count). The van der Waals surface area contributed by atoms with Crippen molar-refractivity contribution in [2.45, 2.75) is 37.8 Å². The Bertz CT molecular complexity index is 642. The van der Waals surface area contributed by atoms with E-state index in [0.717, 1.165) is 23.9 Å². The highest BCUT2D eigenvalue weighted by Crippen LogP contribution is 2.41. The Hall–Kier alpha value is -1.64. The molecule has 2 heteroatoms. The molecular weight excluding hydrogens is 316 g/mol. The molecule has 0 aromatic heterocycles. The average Bonchev–Trinajstić information content (AvgIpc) is 3.61. The van der Waals surface area contributed by atoms with Gasteiger partial charge in [-0.1, -0.05) is 60.7 Å². The first-order valence-corrected chi connectivity index (χ1v) is 10.4. The quantitative estimate of drug-likeness (QED) is 0.783. The van der Waals surface area contributed by atoms with Crippen molar-refractivity contribution in [3.63, 3.8) is 0 Å². The lowest BCUT2D eigenvalue weighted by atomic mass is 10.1. The summed E-state index contributed by atoms with van der Waals surface area (Å²) in [5.74, 6) is 1.80. The van der Waals surface area contributed by atoms with Crippen LogP contribution in [0.5, 0.6) is 0 Å². The maximum atomic E-state index is 2.78. The number of benzene rings is 2. The molecule has 2 saturated carbocycles. The molecule has 1 heterocycles. The molecule has 2 nitrogen and oxygen atoms in total. The molecule has 1 aliphatic heterocycles. The molecule has 1 saturated heterocycles. The normalized spacial score (nSPS) is 31.7. The van der Waals surface area contributed by atoms with Crippen LogP contribution >= 0.6 is 0 Å². The van der Waals surface area contributed by atoms with Crippen molar-refractivity contribution in [1.82, 2.24) is 9.80 Å². The highest BCUT2D eigenvalue weighted by molar-refractivity contribution is 5.19. The topological polar surface area (TPSA) is 6.48 Å². The van der Waals surface area contributed by atoms with E-state index in [1.54, 1.807) is 0 Å². The Morgan fingerprint density at radius 2 is 0.962 bits per heavy atom. The standard InChI is InChI=1S/C24H30N2/c1-3-7-19(8-4-1)15-21-17-23(21)25-11-13-26(14-12-25)24-18-22(24)16-20-9-5-2-6-10-20/h1-10,21-24H,11-18H2/t21-,22+,23-,24+. The van der Waals surface area contributed by atoms with Crippen molar-refractivity contribution >= 4 is 0 Å². The number of hydrogen-bond acceptors (Lipinski definition) is 2. The Kier molecular flexibility index (Phi) is 4.56. The third-order valence-electron chi connectivity index (χ3n) is 6.74. The van der Waals surface area contributed by atoms with Gasteiger partial charge in [0.25, 0.3) is 0 Å². The van der Waals surface area contributed by atoms with Crippen LogP contribution in [0.2, 0.25) is 0 Å². The molecule has 0 unspecified atom stereocenters. The van der Waals surface area contributed by atoms with E-state index in [1.807, 2.05) is 0 Å². The Labute approximate surface area is 157 Å². The maximum Gasteiger partial charge on any atom is 0.0132 e. The number of nitrogens with zero attached hydrogens (tertiary/aromatic N) is 2. The molecule has 0 amide bonds. The van der Waals surface area contributed by atoms with Gasteiger partial charge in [0.1, 0.15) is 0 Å². The van der Waals surface area contributed by atoms with Crippen LogP contribution in [0.3, 0.4) is 0 Å². The number of piperazine rings is 1. The van der Waals surface area contributed by atoms with E-state index in [1.165, 1.54) is 63.0 Å². The molecule has 26 heavy (non-hydrogen) atoms. The highest BCUT2D eigenvalue weighted by Gasteiger charge is 2.45. The highest BCUT2D eigenvalue weighted by atomic mass is 15.3. The van der Waals surface area contributed by atoms with Gasteiger partial charge in [-0.3, -0.25) is 9.80 Å². The minimum absolute atomic E-state index is 0.858. The zero-order chi connectivity index (χ0) is 17.3. The molecule has 3 fully saturated rings. The monoisotopic (exact) mass is 346 g/mol. The summed E-state index contributed by atoms with van der Waals surface area (Å²) in [5, 5.41) is 0. The fourth-order valence-corrected chi connectivity index (χ4v) is 5.03. The molecule has 2 aliphatic carbocycles. The van der Waals surface area contributed by atoms with Crippen molar-refractivity contribution in [1.29, 1.82) is 0 Å². The fraction of sp³-hybridized carbons (Fsp3) is 0.500. The molecule has 0 radical (unpaired) electrons. The average molecular weight is 347 g/mol. The Morgan fingerprint density at radius 3 is 1.35 bits per heavy atom. The largest absolute Gasteiger partial charge is 0.298 e. The van der Waals surface area contributed by atoms with E-state index in [0.29, 0.717) is 0 Å². The third-order valence-corrected chi connectivity index (χ3v) is 6.74. The summed E-state index contributed by atoms with van der Waals surface area (Å²) >= 11 is 0. The van der Waals surface area contributed by atoms with Crippen molar-refractivity contribution in [2.75, 3.05) is 26.2 Å². The summed E-state index contributed by atoms with van der Waals surface area (Å²) in [4.78, 5) is 5.55. The van der Waals surface area contributed by atoms with Crippen molar-refractivity contribution in [3.05, 3.63) is 71.8 Å². The predicted octanol–water partition coefficient (Wildman–Crippen LogP) is 3.87. The van der Waals surface area contributed by atoms with Crippen LogP contribution in [0.1, 0.15) is 24.0 Å². The summed E-state index contributed by atoms with van der Waals surface area (Å²) in [6.45, 7) is 5.13. The number of rotatable bonds is 6. The second-order valence-electron chi connectivity index (χ2n) is 8.58. The SMILES string of the molecule is c1ccc(C[C@@H]2C[C@H]2N2CCN([C@H]3C[C@@H]3Cc3ccccc3)CC2)cc1. The molecule has 0 bridgehead atoms. The summed E-state index contributed by atoms with van der Waals surface area (Å²) in [5.41, 5.74) is 3.03. The fourth-order valence-electron chi connectivity index (χ4n) is 5.03. The van der Waals surface area contributed by atoms with E-state index in [9.17, 15) is 0 Å². The predicted molar refractivity (Wildman–Crippen MR) is 107 cm³/mol. The smallest absolute Gasteiger partial charge is 0.0132 e. The van der Waals surface area contributed by atoms with Gasteiger partial charge in [0.15, 0.2) is 0 Å². The van der Waals surface area contributed by atoms with E-state index >= 15 is 0 Å². The molecule has 2 aromatic carbocycles. The van der Waals surface area contributed by atoms with Crippen LogP contribution in [0, 0.1) is 11.8 Å². The van der Waals surface area contributed by atoms with Gasteiger partial charge >= 0.3 is 0 Å². The first-order valence-electron chi connectivity index (χ1n) is 10.4. The lowest BCUT2D eigenvalue weighted by Gasteiger charge is -2.35. The van der Waals surface area contributed by atoms with Gasteiger partial charge in [-0.2, -0.15) is 0 Å². The molecular formula is C24H30N2. The lowest BCUT2D eigenvalue weighted by molar-refractivity contribution is 0.112. The molecule has 3 aliphatic rings. The maximum absolute atomic E-state index is 2.78. The molecule has 2 aromatic rings. The van der Waals surface area contributed by atoms with Crippen LogP contribution in [0.15, 0.2) is 60.7 Å². The zero-order valence-corrected chi connectivity index (χ0v) is 15.6. The van der Waals surface area contributed by atoms with Gasteiger partial charge in [-0.05, 0) is 48.6 Å². The molecule has 0 spiro atoms.